The molecule has 1 fully saturated rings. The molecule has 0 radical (unpaired) electrons. The Morgan fingerprint density at radius 1 is 1.07 bits per heavy atom. The number of amides is 2. The lowest BCUT2D eigenvalue weighted by Gasteiger charge is -2.41. The third-order valence-corrected chi connectivity index (χ3v) is 3.90. The molecule has 1 atom stereocenters. The van der Waals surface area contributed by atoms with Gasteiger partial charge in [-0.25, -0.2) is 0 Å². The first kappa shape index (κ1) is 22.0. The lowest BCUT2D eigenvalue weighted by molar-refractivity contribution is -0.162. The molecule has 1 aliphatic heterocycles. The molecule has 0 spiro atoms. The zero-order chi connectivity index (χ0) is 21.5. The highest BCUT2D eigenvalue weighted by molar-refractivity contribution is 6.39. The average Bonchev–Trinajstić information content (AvgIpc) is 2.50. The molecule has 1 heterocycles. The van der Waals surface area contributed by atoms with Crippen molar-refractivity contribution in [3.8, 4) is 0 Å². The number of rotatable bonds is 1. The van der Waals surface area contributed by atoms with Crippen molar-refractivity contribution in [3.63, 3.8) is 0 Å². The number of alkyl halides is 6. The summed E-state index contributed by atoms with van der Waals surface area (Å²) in [6, 6.07) is 0.613. The number of benzene rings is 1. The molecule has 156 valence electrons. The van der Waals surface area contributed by atoms with Gasteiger partial charge >= 0.3 is 24.2 Å². The minimum atomic E-state index is -5.06. The van der Waals surface area contributed by atoms with Gasteiger partial charge in [0.2, 0.25) is 0 Å². The molecule has 0 bridgehead atoms. The summed E-state index contributed by atoms with van der Waals surface area (Å²) in [5.41, 5.74) is -4.72. The standard InChI is InChI=1S/C17H18F6N2O3/c1-9-7-25(8-15(2,3)28-9)14(27)13(26)24-12-5-10(16(18,19)20)4-11(6-12)17(21,22)23/h4-6,9H,7-8H2,1-3H3,(H,24,26)/t9-/m0/s1. The quantitative estimate of drug-likeness (QED) is 0.566. The van der Waals surface area contributed by atoms with Crippen LogP contribution >= 0.6 is 0 Å². The van der Waals surface area contributed by atoms with Gasteiger partial charge in [-0.2, -0.15) is 26.3 Å². The number of nitrogens with one attached hydrogen (secondary N) is 1. The molecular weight excluding hydrogens is 394 g/mol. The van der Waals surface area contributed by atoms with Crippen molar-refractivity contribution < 1.29 is 40.7 Å². The first-order valence-electron chi connectivity index (χ1n) is 8.16. The molecule has 1 saturated heterocycles. The van der Waals surface area contributed by atoms with Crippen LogP contribution in [0.25, 0.3) is 0 Å². The van der Waals surface area contributed by atoms with Gasteiger partial charge in [0.25, 0.3) is 0 Å². The first-order chi connectivity index (χ1) is 12.6. The van der Waals surface area contributed by atoms with E-state index < -0.39 is 52.7 Å². The van der Waals surface area contributed by atoms with Gasteiger partial charge < -0.3 is 15.0 Å². The summed E-state index contributed by atoms with van der Waals surface area (Å²) < 4.78 is 82.9. The Kier molecular flexibility index (Phi) is 5.71. The molecule has 2 rings (SSSR count). The predicted molar refractivity (Wildman–Crippen MR) is 86.3 cm³/mol. The van der Waals surface area contributed by atoms with E-state index in [0.29, 0.717) is 12.1 Å². The third-order valence-electron chi connectivity index (χ3n) is 3.90. The fourth-order valence-electron chi connectivity index (χ4n) is 2.96. The summed E-state index contributed by atoms with van der Waals surface area (Å²) in [5, 5.41) is 1.84. The normalized spacial score (nSPS) is 20.0. The van der Waals surface area contributed by atoms with Gasteiger partial charge in [0.05, 0.1) is 22.8 Å². The number of anilines is 1. The van der Waals surface area contributed by atoms with Crippen molar-refractivity contribution in [1.29, 1.82) is 0 Å². The van der Waals surface area contributed by atoms with Crippen LogP contribution in [-0.2, 0) is 26.7 Å². The molecule has 28 heavy (non-hydrogen) atoms. The van der Waals surface area contributed by atoms with Crippen LogP contribution in [0.5, 0.6) is 0 Å². The Bertz CT molecular complexity index is 741. The Balaban J connectivity index is 2.26. The van der Waals surface area contributed by atoms with E-state index in [9.17, 15) is 35.9 Å². The molecule has 5 nitrogen and oxygen atoms in total. The number of ether oxygens (including phenoxy) is 1. The number of morpholine rings is 1. The van der Waals surface area contributed by atoms with Crippen molar-refractivity contribution >= 4 is 17.5 Å². The van der Waals surface area contributed by atoms with Crippen LogP contribution in [0.4, 0.5) is 32.0 Å². The van der Waals surface area contributed by atoms with Crippen molar-refractivity contribution in [2.45, 2.75) is 44.8 Å². The van der Waals surface area contributed by atoms with E-state index in [1.165, 1.54) is 0 Å². The number of hydrogen-bond donors (Lipinski definition) is 1. The number of hydrogen-bond acceptors (Lipinski definition) is 3. The summed E-state index contributed by atoms with van der Waals surface area (Å²) in [4.78, 5) is 25.6. The first-order valence-corrected chi connectivity index (χ1v) is 8.16. The van der Waals surface area contributed by atoms with E-state index in [2.05, 4.69) is 0 Å². The summed E-state index contributed by atoms with van der Waals surface area (Å²) in [6.45, 7) is 5.14. The predicted octanol–water partition coefficient (Wildman–Crippen LogP) is 3.69. The highest BCUT2D eigenvalue weighted by atomic mass is 19.4. The minimum absolute atomic E-state index is 0.0417. The van der Waals surface area contributed by atoms with E-state index in [-0.39, 0.29) is 19.2 Å². The zero-order valence-corrected chi connectivity index (χ0v) is 15.2. The highest BCUT2D eigenvalue weighted by Crippen LogP contribution is 2.37. The molecule has 0 unspecified atom stereocenters. The molecular formula is C17H18F6N2O3. The van der Waals surface area contributed by atoms with Gasteiger partial charge in [-0.15, -0.1) is 0 Å². The summed E-state index contributed by atoms with van der Waals surface area (Å²) in [7, 11) is 0. The van der Waals surface area contributed by atoms with Crippen molar-refractivity contribution in [1.82, 2.24) is 4.90 Å². The Labute approximate surface area is 156 Å². The van der Waals surface area contributed by atoms with Crippen LogP contribution in [0, 0.1) is 0 Å². The van der Waals surface area contributed by atoms with Crippen LogP contribution in [0.2, 0.25) is 0 Å². The van der Waals surface area contributed by atoms with Gasteiger partial charge in [-0.3, -0.25) is 9.59 Å². The van der Waals surface area contributed by atoms with E-state index >= 15 is 0 Å². The molecule has 1 aromatic rings. The molecule has 1 N–H and O–H groups in total. The van der Waals surface area contributed by atoms with Crippen LogP contribution < -0.4 is 5.32 Å². The fraction of sp³-hybridized carbons (Fsp3) is 0.529. The van der Waals surface area contributed by atoms with Crippen LogP contribution in [-0.4, -0.2) is 41.5 Å². The smallest absolute Gasteiger partial charge is 0.369 e. The van der Waals surface area contributed by atoms with Gasteiger partial charge in [0.15, 0.2) is 0 Å². The minimum Gasteiger partial charge on any atom is -0.369 e. The fourth-order valence-corrected chi connectivity index (χ4v) is 2.96. The lowest BCUT2D eigenvalue weighted by atomic mass is 10.1. The highest BCUT2D eigenvalue weighted by Gasteiger charge is 2.38. The van der Waals surface area contributed by atoms with Gasteiger partial charge in [-0.1, -0.05) is 0 Å². The molecule has 2 amide bonds. The Morgan fingerprint density at radius 2 is 1.57 bits per heavy atom. The number of nitrogens with zero attached hydrogens (tertiary/aromatic N) is 1. The number of halogens is 6. The molecule has 0 aromatic heterocycles. The summed E-state index contributed by atoms with van der Waals surface area (Å²) in [6.07, 6.45) is -10.5. The molecule has 0 saturated carbocycles. The second-order valence-electron chi connectivity index (χ2n) is 7.12. The summed E-state index contributed by atoms with van der Waals surface area (Å²) >= 11 is 0. The van der Waals surface area contributed by atoms with Gasteiger partial charge in [0, 0.05) is 18.8 Å². The van der Waals surface area contributed by atoms with Crippen LogP contribution in [0.3, 0.4) is 0 Å². The number of carbonyl (C=O) groups excluding carboxylic acids is 2. The number of carbonyl (C=O) groups is 2. The van der Waals surface area contributed by atoms with E-state index in [0.717, 1.165) is 4.90 Å². The maximum Gasteiger partial charge on any atom is 0.416 e. The zero-order valence-electron chi connectivity index (χ0n) is 15.2. The third kappa shape index (κ3) is 5.37. The largest absolute Gasteiger partial charge is 0.416 e. The lowest BCUT2D eigenvalue weighted by Crippen LogP contribution is -2.56. The van der Waals surface area contributed by atoms with E-state index in [1.807, 2.05) is 5.32 Å². The SMILES string of the molecule is C[C@H]1CN(C(=O)C(=O)Nc2cc(C(F)(F)F)cc(C(F)(F)F)c2)CC(C)(C)O1. The second kappa shape index (κ2) is 7.26. The van der Waals surface area contributed by atoms with Crippen molar-refractivity contribution in [2.24, 2.45) is 0 Å². The van der Waals surface area contributed by atoms with Crippen molar-refractivity contribution in [3.05, 3.63) is 29.3 Å². The maximum absolute atomic E-state index is 12.9. The van der Waals surface area contributed by atoms with Crippen LogP contribution in [0.1, 0.15) is 31.9 Å². The van der Waals surface area contributed by atoms with Gasteiger partial charge in [-0.05, 0) is 39.0 Å². The molecule has 1 aliphatic rings. The summed E-state index contributed by atoms with van der Waals surface area (Å²) in [5.74, 6) is -2.41. The van der Waals surface area contributed by atoms with E-state index in [4.69, 9.17) is 4.74 Å². The van der Waals surface area contributed by atoms with Crippen molar-refractivity contribution in [2.75, 3.05) is 18.4 Å². The maximum atomic E-state index is 12.9. The topological polar surface area (TPSA) is 58.6 Å². The van der Waals surface area contributed by atoms with Gasteiger partial charge in [0.1, 0.15) is 0 Å². The average molecular weight is 412 g/mol. The monoisotopic (exact) mass is 412 g/mol. The Hall–Kier alpha value is -2.30. The molecule has 0 aliphatic carbocycles. The molecule has 1 aromatic carbocycles. The molecule has 11 heteroatoms. The second-order valence-corrected chi connectivity index (χ2v) is 7.12. The van der Waals surface area contributed by atoms with E-state index in [1.54, 1.807) is 20.8 Å². The van der Waals surface area contributed by atoms with Crippen LogP contribution in [0.15, 0.2) is 18.2 Å². The Morgan fingerprint density at radius 3 is 2.00 bits per heavy atom.